The Hall–Kier alpha value is -3.15. The number of pyridine rings is 2. The van der Waals surface area contributed by atoms with E-state index in [-0.39, 0.29) is 5.75 Å². The van der Waals surface area contributed by atoms with Crippen LogP contribution in [0.1, 0.15) is 6.92 Å². The highest BCUT2D eigenvalue weighted by molar-refractivity contribution is 5.85. The number of aromatic nitrogens is 2. The van der Waals surface area contributed by atoms with Crippen LogP contribution in [-0.4, -0.2) is 20.8 Å². The summed E-state index contributed by atoms with van der Waals surface area (Å²) in [4.78, 5) is 27.1. The first-order chi connectivity index (χ1) is 11.1. The lowest BCUT2D eigenvalue weighted by Gasteiger charge is -2.12. The van der Waals surface area contributed by atoms with E-state index in [1.165, 1.54) is 6.20 Å². The number of carbonyl (C=O) groups is 1. The average Bonchev–Trinajstić information content (AvgIpc) is 2.57. The monoisotopic (exact) mass is 310 g/mol. The molecule has 2 heterocycles. The Labute approximate surface area is 131 Å². The average molecular weight is 310 g/mol. The molecule has 116 valence electrons. The molecule has 0 radical (unpaired) electrons. The van der Waals surface area contributed by atoms with Gasteiger partial charge < -0.3 is 14.4 Å². The fourth-order valence-corrected chi connectivity index (χ4v) is 2.52. The van der Waals surface area contributed by atoms with Crippen LogP contribution in [0.4, 0.5) is 4.79 Å². The van der Waals surface area contributed by atoms with E-state index in [0.29, 0.717) is 11.9 Å². The summed E-state index contributed by atoms with van der Waals surface area (Å²) in [6.45, 7) is 2.49. The fraction of sp³-hybridized carbons (Fsp3) is 0.118. The van der Waals surface area contributed by atoms with Gasteiger partial charge in [0.05, 0.1) is 11.7 Å². The number of hydrogen-bond acceptors (Lipinski definition) is 4. The SMILES string of the molecule is CCn1cc(OC(=O)O)c(=O)c2ccc(-c3ccncc3)cc21. The van der Waals surface area contributed by atoms with Crippen LogP contribution in [0.3, 0.4) is 0 Å². The summed E-state index contributed by atoms with van der Waals surface area (Å²) in [6, 6.07) is 9.19. The molecule has 0 aliphatic rings. The Balaban J connectivity index is 2.23. The van der Waals surface area contributed by atoms with Gasteiger partial charge in [-0.1, -0.05) is 6.07 Å². The van der Waals surface area contributed by atoms with Gasteiger partial charge in [0.15, 0.2) is 5.75 Å². The summed E-state index contributed by atoms with van der Waals surface area (Å²) in [5, 5.41) is 9.16. The van der Waals surface area contributed by atoms with Crippen LogP contribution in [0, 0.1) is 0 Å². The standard InChI is InChI=1S/C17H14N2O4/c1-2-19-10-15(23-17(21)22)16(20)13-4-3-12(9-14(13)19)11-5-7-18-8-6-11/h3-10H,2H2,1H3,(H,21,22). The van der Waals surface area contributed by atoms with Crippen molar-refractivity contribution in [2.75, 3.05) is 0 Å². The van der Waals surface area contributed by atoms with Crippen LogP contribution in [0.15, 0.2) is 53.7 Å². The van der Waals surface area contributed by atoms with Crippen molar-refractivity contribution in [2.45, 2.75) is 13.5 Å². The Morgan fingerprint density at radius 2 is 1.96 bits per heavy atom. The summed E-state index contributed by atoms with van der Waals surface area (Å²) in [5.74, 6) is -0.191. The van der Waals surface area contributed by atoms with Gasteiger partial charge in [-0.15, -0.1) is 0 Å². The topological polar surface area (TPSA) is 81.4 Å². The molecule has 0 bridgehead atoms. The predicted octanol–water partition coefficient (Wildman–Crippen LogP) is 3.14. The summed E-state index contributed by atoms with van der Waals surface area (Å²) in [6.07, 6.45) is 3.33. The Morgan fingerprint density at radius 1 is 1.22 bits per heavy atom. The molecule has 0 spiro atoms. The zero-order chi connectivity index (χ0) is 16.4. The number of ether oxygens (including phenoxy) is 1. The van der Waals surface area contributed by atoms with Crippen LogP contribution in [-0.2, 0) is 6.54 Å². The Kier molecular flexibility index (Phi) is 3.80. The quantitative estimate of drug-likeness (QED) is 0.752. The maximum absolute atomic E-state index is 12.4. The molecule has 6 nitrogen and oxygen atoms in total. The molecule has 3 aromatic rings. The molecule has 0 amide bonds. The van der Waals surface area contributed by atoms with Crippen molar-refractivity contribution in [2.24, 2.45) is 0 Å². The molecule has 3 rings (SSSR count). The summed E-state index contributed by atoms with van der Waals surface area (Å²) in [5.41, 5.74) is 2.23. The Bertz CT molecular complexity index is 932. The lowest BCUT2D eigenvalue weighted by Crippen LogP contribution is -2.16. The molecule has 1 N–H and O–H groups in total. The zero-order valence-electron chi connectivity index (χ0n) is 12.4. The van der Waals surface area contributed by atoms with Crippen molar-refractivity contribution in [3.05, 3.63) is 59.1 Å². The van der Waals surface area contributed by atoms with E-state index in [9.17, 15) is 9.59 Å². The van der Waals surface area contributed by atoms with Crippen LogP contribution in [0.25, 0.3) is 22.0 Å². The fourth-order valence-electron chi connectivity index (χ4n) is 2.52. The maximum atomic E-state index is 12.4. The molecule has 0 unspecified atom stereocenters. The van der Waals surface area contributed by atoms with E-state index < -0.39 is 11.6 Å². The number of carboxylic acid groups (broad SMARTS) is 1. The van der Waals surface area contributed by atoms with Crippen molar-refractivity contribution in [1.82, 2.24) is 9.55 Å². The van der Waals surface area contributed by atoms with Crippen molar-refractivity contribution in [3.63, 3.8) is 0 Å². The molecule has 1 aromatic carbocycles. The minimum Gasteiger partial charge on any atom is -0.449 e. The number of fused-ring (bicyclic) bond motifs is 1. The van der Waals surface area contributed by atoms with Crippen LogP contribution < -0.4 is 10.2 Å². The normalized spacial score (nSPS) is 10.7. The first-order valence-corrected chi connectivity index (χ1v) is 7.08. The number of aryl methyl sites for hydroxylation is 1. The molecular formula is C17H14N2O4. The van der Waals surface area contributed by atoms with E-state index in [2.05, 4.69) is 9.72 Å². The third-order valence-electron chi connectivity index (χ3n) is 3.60. The van der Waals surface area contributed by atoms with Gasteiger partial charge in [0.25, 0.3) is 0 Å². The molecule has 0 saturated heterocycles. The molecule has 0 aliphatic heterocycles. The van der Waals surface area contributed by atoms with E-state index in [1.807, 2.05) is 31.2 Å². The summed E-state index contributed by atoms with van der Waals surface area (Å²) < 4.78 is 6.38. The molecule has 0 aliphatic carbocycles. The van der Waals surface area contributed by atoms with Gasteiger partial charge in [0, 0.05) is 24.3 Å². The second kappa shape index (κ2) is 5.92. The molecule has 6 heteroatoms. The largest absolute Gasteiger partial charge is 0.511 e. The predicted molar refractivity (Wildman–Crippen MR) is 85.8 cm³/mol. The van der Waals surface area contributed by atoms with E-state index in [0.717, 1.165) is 16.6 Å². The van der Waals surface area contributed by atoms with Gasteiger partial charge in [0.2, 0.25) is 5.43 Å². The van der Waals surface area contributed by atoms with E-state index in [4.69, 9.17) is 5.11 Å². The van der Waals surface area contributed by atoms with Gasteiger partial charge in [-0.05, 0) is 42.3 Å². The minimum absolute atomic E-state index is 0.191. The van der Waals surface area contributed by atoms with Crippen LogP contribution in [0.2, 0.25) is 0 Å². The zero-order valence-corrected chi connectivity index (χ0v) is 12.4. The second-order valence-corrected chi connectivity index (χ2v) is 4.94. The maximum Gasteiger partial charge on any atom is 0.511 e. The number of rotatable bonds is 3. The Morgan fingerprint density at radius 3 is 2.61 bits per heavy atom. The molecule has 2 aromatic heterocycles. The van der Waals surface area contributed by atoms with Crippen LogP contribution in [0.5, 0.6) is 5.75 Å². The second-order valence-electron chi connectivity index (χ2n) is 4.94. The summed E-state index contributed by atoms with van der Waals surface area (Å²) in [7, 11) is 0. The van der Waals surface area contributed by atoms with Crippen molar-refractivity contribution in [1.29, 1.82) is 0 Å². The highest BCUT2D eigenvalue weighted by Crippen LogP contribution is 2.24. The van der Waals surface area contributed by atoms with Gasteiger partial charge in [-0.25, -0.2) is 4.79 Å². The molecule has 0 saturated carbocycles. The van der Waals surface area contributed by atoms with Gasteiger partial charge in [-0.2, -0.15) is 0 Å². The molecular weight excluding hydrogens is 296 g/mol. The first kappa shape index (κ1) is 14.8. The summed E-state index contributed by atoms with van der Waals surface area (Å²) >= 11 is 0. The smallest absolute Gasteiger partial charge is 0.449 e. The van der Waals surface area contributed by atoms with Crippen molar-refractivity contribution >= 4 is 17.1 Å². The van der Waals surface area contributed by atoms with E-state index in [1.54, 1.807) is 23.0 Å². The van der Waals surface area contributed by atoms with Crippen molar-refractivity contribution in [3.8, 4) is 16.9 Å². The number of nitrogens with zero attached hydrogens (tertiary/aromatic N) is 2. The minimum atomic E-state index is -1.50. The van der Waals surface area contributed by atoms with Gasteiger partial charge in [0.1, 0.15) is 0 Å². The molecule has 0 fully saturated rings. The number of benzene rings is 1. The lowest BCUT2D eigenvalue weighted by molar-refractivity contribution is 0.144. The van der Waals surface area contributed by atoms with Gasteiger partial charge >= 0.3 is 6.16 Å². The highest BCUT2D eigenvalue weighted by Gasteiger charge is 2.13. The number of hydrogen-bond donors (Lipinski definition) is 1. The van der Waals surface area contributed by atoms with E-state index >= 15 is 0 Å². The van der Waals surface area contributed by atoms with Crippen molar-refractivity contribution < 1.29 is 14.6 Å². The first-order valence-electron chi connectivity index (χ1n) is 7.08. The third kappa shape index (κ3) is 2.78. The van der Waals surface area contributed by atoms with Crippen LogP contribution >= 0.6 is 0 Å². The van der Waals surface area contributed by atoms with Gasteiger partial charge in [-0.3, -0.25) is 9.78 Å². The lowest BCUT2D eigenvalue weighted by atomic mass is 10.0. The third-order valence-corrected chi connectivity index (χ3v) is 3.60. The molecule has 0 atom stereocenters. The highest BCUT2D eigenvalue weighted by atomic mass is 16.7. The molecule has 23 heavy (non-hydrogen) atoms.